The Bertz CT molecular complexity index is 588. The van der Waals surface area contributed by atoms with Crippen LogP contribution in [0.25, 0.3) is 0 Å². The van der Waals surface area contributed by atoms with Crippen molar-refractivity contribution in [1.82, 2.24) is 5.43 Å². The number of ether oxygens (including phenoxy) is 1. The second kappa shape index (κ2) is 7.57. The molecule has 2 atom stereocenters. The Kier molecular flexibility index (Phi) is 5.26. The topological polar surface area (TPSA) is 50.7 Å². The van der Waals surface area contributed by atoms with Crippen molar-refractivity contribution < 1.29 is 13.9 Å². The van der Waals surface area contributed by atoms with E-state index in [9.17, 15) is 9.18 Å². The molecule has 5 heteroatoms. The fourth-order valence-corrected chi connectivity index (χ4v) is 3.67. The number of benzene rings is 1. The molecule has 0 radical (unpaired) electrons. The predicted molar refractivity (Wildman–Crippen MR) is 86.8 cm³/mol. The van der Waals surface area contributed by atoms with Gasteiger partial charge in [-0.1, -0.05) is 25.3 Å². The zero-order valence-electron chi connectivity index (χ0n) is 13.3. The van der Waals surface area contributed by atoms with Gasteiger partial charge in [0.1, 0.15) is 11.6 Å². The first-order valence-corrected chi connectivity index (χ1v) is 8.43. The Labute approximate surface area is 136 Å². The van der Waals surface area contributed by atoms with Gasteiger partial charge in [-0.3, -0.25) is 4.79 Å². The van der Waals surface area contributed by atoms with Crippen LogP contribution in [0.2, 0.25) is 0 Å². The van der Waals surface area contributed by atoms with Crippen molar-refractivity contribution in [3.8, 4) is 5.75 Å². The quantitative estimate of drug-likeness (QED) is 0.861. The molecule has 0 bridgehead atoms. The van der Waals surface area contributed by atoms with Gasteiger partial charge in [-0.05, 0) is 49.7 Å². The largest absolute Gasteiger partial charge is 0.484 e. The number of carbonyl (C=O) groups excluding carboxylic acids is 1. The molecule has 4 nitrogen and oxygen atoms in total. The van der Waals surface area contributed by atoms with E-state index >= 15 is 0 Å². The summed E-state index contributed by atoms with van der Waals surface area (Å²) in [5.41, 5.74) is 3.65. The normalized spacial score (nSPS) is 25.7. The molecular weight excluding hydrogens is 295 g/mol. The summed E-state index contributed by atoms with van der Waals surface area (Å²) in [7, 11) is 0. The summed E-state index contributed by atoms with van der Waals surface area (Å²) in [5, 5.41) is 4.27. The third-order valence-electron chi connectivity index (χ3n) is 4.87. The lowest BCUT2D eigenvalue weighted by Gasteiger charge is -2.35. The van der Waals surface area contributed by atoms with Crippen LogP contribution in [0.4, 0.5) is 4.39 Å². The monoisotopic (exact) mass is 318 g/mol. The van der Waals surface area contributed by atoms with E-state index in [1.807, 2.05) is 0 Å². The summed E-state index contributed by atoms with van der Waals surface area (Å²) in [6.07, 6.45) is 8.51. The zero-order chi connectivity index (χ0) is 16.1. The van der Waals surface area contributed by atoms with Crippen LogP contribution in [-0.2, 0) is 4.79 Å². The molecule has 3 rings (SSSR count). The Morgan fingerprint density at radius 3 is 2.91 bits per heavy atom. The number of hydrazone groups is 1. The first-order chi connectivity index (χ1) is 11.2. The van der Waals surface area contributed by atoms with Gasteiger partial charge >= 0.3 is 0 Å². The lowest BCUT2D eigenvalue weighted by atomic mass is 9.70. The van der Waals surface area contributed by atoms with E-state index < -0.39 is 0 Å². The molecule has 2 aliphatic carbocycles. The number of fused-ring (bicyclic) bond motifs is 1. The Morgan fingerprint density at radius 1 is 1.26 bits per heavy atom. The number of carbonyl (C=O) groups is 1. The van der Waals surface area contributed by atoms with E-state index in [4.69, 9.17) is 4.74 Å². The van der Waals surface area contributed by atoms with Crippen molar-refractivity contribution in [3.05, 3.63) is 30.1 Å². The zero-order valence-corrected chi connectivity index (χ0v) is 13.3. The third-order valence-corrected chi connectivity index (χ3v) is 4.87. The van der Waals surface area contributed by atoms with Crippen molar-refractivity contribution in [2.24, 2.45) is 16.9 Å². The molecule has 2 fully saturated rings. The van der Waals surface area contributed by atoms with E-state index in [2.05, 4.69) is 10.5 Å². The number of nitrogens with one attached hydrogen (secondary N) is 1. The highest BCUT2D eigenvalue weighted by atomic mass is 19.1. The predicted octanol–water partition coefficient (Wildman–Crippen LogP) is 3.67. The van der Waals surface area contributed by atoms with Gasteiger partial charge in [0, 0.05) is 11.8 Å². The minimum Gasteiger partial charge on any atom is -0.484 e. The maximum Gasteiger partial charge on any atom is 0.277 e. The van der Waals surface area contributed by atoms with Crippen molar-refractivity contribution in [2.45, 2.75) is 44.9 Å². The van der Waals surface area contributed by atoms with Crippen LogP contribution in [0.1, 0.15) is 44.9 Å². The number of nitrogens with zero attached hydrogens (tertiary/aromatic N) is 1. The Morgan fingerprint density at radius 2 is 2.09 bits per heavy atom. The summed E-state index contributed by atoms with van der Waals surface area (Å²) in [5.74, 6) is 1.25. The molecule has 1 N–H and O–H groups in total. The Hall–Kier alpha value is -1.91. The van der Waals surface area contributed by atoms with Crippen LogP contribution in [0, 0.1) is 17.7 Å². The SMILES string of the molecule is O=C(COc1cccc(F)c1)N/N=C1/CC[C@H]2CCCC[C@@H]2C1. The van der Waals surface area contributed by atoms with Crippen LogP contribution in [0.5, 0.6) is 5.75 Å². The summed E-state index contributed by atoms with van der Waals surface area (Å²) in [4.78, 5) is 11.8. The smallest absolute Gasteiger partial charge is 0.277 e. The second-order valence-electron chi connectivity index (χ2n) is 6.51. The molecule has 23 heavy (non-hydrogen) atoms. The standard InChI is InChI=1S/C18H23FN2O2/c19-15-6-3-7-17(11-15)23-12-18(22)21-20-16-9-8-13-4-1-2-5-14(13)10-16/h3,6-7,11,13-14H,1-2,4-5,8-10,12H2,(H,21,22)/b20-16-/t13-,14-/m1/s1. The maximum atomic E-state index is 13.0. The molecule has 0 heterocycles. The minimum atomic E-state index is -0.382. The summed E-state index contributed by atoms with van der Waals surface area (Å²) >= 11 is 0. The summed E-state index contributed by atoms with van der Waals surface area (Å²) < 4.78 is 18.3. The second-order valence-corrected chi connectivity index (χ2v) is 6.51. The first-order valence-electron chi connectivity index (χ1n) is 8.43. The van der Waals surface area contributed by atoms with Gasteiger partial charge in [0.05, 0.1) is 0 Å². The van der Waals surface area contributed by atoms with Gasteiger partial charge in [0.2, 0.25) is 0 Å². The van der Waals surface area contributed by atoms with Gasteiger partial charge in [0.25, 0.3) is 5.91 Å². The van der Waals surface area contributed by atoms with E-state index in [0.29, 0.717) is 5.75 Å². The molecule has 0 aromatic heterocycles. The highest BCUT2D eigenvalue weighted by Crippen LogP contribution is 2.39. The molecule has 1 aromatic carbocycles. The minimum absolute atomic E-state index is 0.160. The van der Waals surface area contributed by atoms with E-state index in [0.717, 1.165) is 30.4 Å². The number of hydrogen-bond donors (Lipinski definition) is 1. The van der Waals surface area contributed by atoms with E-state index in [-0.39, 0.29) is 18.3 Å². The first kappa shape index (κ1) is 16.0. The molecule has 2 saturated carbocycles. The molecule has 1 amide bonds. The average molecular weight is 318 g/mol. The summed E-state index contributed by atoms with van der Waals surface area (Å²) in [6, 6.07) is 5.75. The third kappa shape index (κ3) is 4.53. The molecule has 0 saturated heterocycles. The highest BCUT2D eigenvalue weighted by Gasteiger charge is 2.30. The van der Waals surface area contributed by atoms with Crippen molar-refractivity contribution >= 4 is 11.6 Å². The maximum absolute atomic E-state index is 13.0. The van der Waals surface area contributed by atoms with E-state index in [1.54, 1.807) is 12.1 Å². The lowest BCUT2D eigenvalue weighted by Crippen LogP contribution is -2.31. The number of amides is 1. The van der Waals surface area contributed by atoms with Gasteiger partial charge in [-0.25, -0.2) is 9.82 Å². The molecule has 0 spiro atoms. The molecule has 124 valence electrons. The van der Waals surface area contributed by atoms with Gasteiger partial charge in [0.15, 0.2) is 6.61 Å². The Balaban J connectivity index is 1.45. The van der Waals surface area contributed by atoms with Crippen LogP contribution >= 0.6 is 0 Å². The number of rotatable bonds is 4. The van der Waals surface area contributed by atoms with Crippen molar-refractivity contribution in [2.75, 3.05) is 6.61 Å². The van der Waals surface area contributed by atoms with Crippen molar-refractivity contribution in [3.63, 3.8) is 0 Å². The number of halogens is 1. The molecule has 0 aliphatic heterocycles. The van der Waals surface area contributed by atoms with Crippen LogP contribution < -0.4 is 10.2 Å². The summed E-state index contributed by atoms with van der Waals surface area (Å²) in [6.45, 7) is -0.160. The lowest BCUT2D eigenvalue weighted by molar-refractivity contribution is -0.123. The van der Waals surface area contributed by atoms with E-state index in [1.165, 1.54) is 44.2 Å². The number of hydrogen-bond acceptors (Lipinski definition) is 3. The van der Waals surface area contributed by atoms with Gasteiger partial charge < -0.3 is 4.74 Å². The van der Waals surface area contributed by atoms with Crippen LogP contribution in [-0.4, -0.2) is 18.2 Å². The molecular formula is C18H23FN2O2. The fraction of sp³-hybridized carbons (Fsp3) is 0.556. The van der Waals surface area contributed by atoms with Crippen LogP contribution in [0.15, 0.2) is 29.4 Å². The molecule has 2 aliphatic rings. The van der Waals surface area contributed by atoms with Crippen LogP contribution in [0.3, 0.4) is 0 Å². The van der Waals surface area contributed by atoms with Gasteiger partial charge in [-0.2, -0.15) is 5.10 Å². The van der Waals surface area contributed by atoms with Gasteiger partial charge in [-0.15, -0.1) is 0 Å². The highest BCUT2D eigenvalue weighted by molar-refractivity contribution is 5.87. The fourth-order valence-electron chi connectivity index (χ4n) is 3.67. The van der Waals surface area contributed by atoms with Crippen molar-refractivity contribution in [1.29, 1.82) is 0 Å². The average Bonchev–Trinajstić information content (AvgIpc) is 2.58. The molecule has 0 unspecified atom stereocenters. The molecule has 1 aromatic rings.